The van der Waals surface area contributed by atoms with E-state index in [1.54, 1.807) is 4.90 Å². The van der Waals surface area contributed by atoms with Crippen LogP contribution in [0.25, 0.3) is 11.4 Å². The molecule has 0 bridgehead atoms. The van der Waals surface area contributed by atoms with E-state index in [1.807, 2.05) is 4.90 Å². The summed E-state index contributed by atoms with van der Waals surface area (Å²) in [5.74, 6) is -0.153. The number of aliphatic hydroxyl groups is 1. The minimum Gasteiger partial charge on any atom is -0.395 e. The van der Waals surface area contributed by atoms with E-state index in [-0.39, 0.29) is 18.0 Å². The van der Waals surface area contributed by atoms with Gasteiger partial charge in [0.1, 0.15) is 0 Å². The van der Waals surface area contributed by atoms with Crippen molar-refractivity contribution in [1.82, 2.24) is 25.5 Å². The lowest BCUT2D eigenvalue weighted by molar-refractivity contribution is -0.139. The third kappa shape index (κ3) is 4.10. The Balaban J connectivity index is 2.17. The second kappa shape index (κ2) is 7.64. The predicted molar refractivity (Wildman–Crippen MR) is 93.5 cm³/mol. The third-order valence-corrected chi connectivity index (χ3v) is 5.69. The molecule has 1 aliphatic rings. The van der Waals surface area contributed by atoms with Gasteiger partial charge in [0.15, 0.2) is 15.7 Å². The number of anilines is 1. The molecule has 13 heteroatoms. The van der Waals surface area contributed by atoms with Gasteiger partial charge in [-0.15, -0.1) is 5.10 Å². The second-order valence-corrected chi connectivity index (χ2v) is 8.36. The van der Waals surface area contributed by atoms with Crippen molar-refractivity contribution in [2.45, 2.75) is 11.1 Å². The number of halogens is 3. The summed E-state index contributed by atoms with van der Waals surface area (Å²) in [6.07, 6.45) is -4.13. The zero-order valence-corrected chi connectivity index (χ0v) is 15.8. The van der Waals surface area contributed by atoms with Crippen LogP contribution in [0.15, 0.2) is 17.0 Å². The molecule has 28 heavy (non-hydrogen) atoms. The van der Waals surface area contributed by atoms with E-state index in [0.29, 0.717) is 38.4 Å². The minimum absolute atomic E-state index is 0.00743. The first-order valence-electron chi connectivity index (χ1n) is 8.39. The summed E-state index contributed by atoms with van der Waals surface area (Å²) in [7, 11) is -4.26. The number of rotatable bonds is 5. The number of alkyl halides is 3. The molecule has 0 spiro atoms. The Kier molecular flexibility index (Phi) is 5.59. The summed E-state index contributed by atoms with van der Waals surface area (Å²) in [6, 6.07) is 2.02. The number of β-amino-alcohol motifs (C(OH)–C–C–N with tert-alkyl or cyclic N) is 1. The summed E-state index contributed by atoms with van der Waals surface area (Å²) in [5.41, 5.74) is -1.15. The number of aromatic amines is 1. The zero-order chi connectivity index (χ0) is 20.5. The quantitative estimate of drug-likeness (QED) is 0.715. The van der Waals surface area contributed by atoms with Gasteiger partial charge in [0.2, 0.25) is 0 Å². The first-order chi connectivity index (χ1) is 13.1. The average Bonchev–Trinajstić information content (AvgIpc) is 3.14. The van der Waals surface area contributed by atoms with Crippen LogP contribution in [-0.2, 0) is 16.0 Å². The molecule has 9 nitrogen and oxygen atoms in total. The van der Waals surface area contributed by atoms with Crippen LogP contribution in [0.3, 0.4) is 0 Å². The number of sulfone groups is 1. The van der Waals surface area contributed by atoms with E-state index in [0.717, 1.165) is 12.3 Å². The molecule has 0 atom stereocenters. The van der Waals surface area contributed by atoms with Crippen LogP contribution in [-0.4, -0.2) is 84.6 Å². The van der Waals surface area contributed by atoms with Crippen molar-refractivity contribution in [2.24, 2.45) is 0 Å². The highest BCUT2D eigenvalue weighted by Gasteiger charge is 2.40. The van der Waals surface area contributed by atoms with Crippen LogP contribution >= 0.6 is 0 Å². The Morgan fingerprint density at radius 1 is 1.21 bits per heavy atom. The molecule has 2 aromatic rings. The van der Waals surface area contributed by atoms with E-state index in [1.165, 1.54) is 6.07 Å². The van der Waals surface area contributed by atoms with Crippen molar-refractivity contribution < 1.29 is 26.7 Å². The lowest BCUT2D eigenvalue weighted by atomic mass is 10.1. The highest BCUT2D eigenvalue weighted by molar-refractivity contribution is 7.91. The van der Waals surface area contributed by atoms with E-state index < -0.39 is 26.5 Å². The van der Waals surface area contributed by atoms with E-state index in [4.69, 9.17) is 5.11 Å². The molecule has 0 saturated carbocycles. The van der Waals surface area contributed by atoms with Crippen molar-refractivity contribution in [3.63, 3.8) is 0 Å². The number of aliphatic hydroxyl groups excluding tert-OH is 1. The molecule has 154 valence electrons. The molecule has 2 heterocycles. The van der Waals surface area contributed by atoms with Gasteiger partial charge in [-0.05, 0) is 22.6 Å². The van der Waals surface area contributed by atoms with Gasteiger partial charge in [0.05, 0.1) is 22.6 Å². The zero-order valence-electron chi connectivity index (χ0n) is 14.9. The monoisotopic (exact) mass is 420 g/mol. The number of aromatic nitrogens is 4. The summed E-state index contributed by atoms with van der Waals surface area (Å²) in [4.78, 5) is 2.95. The molecule has 0 unspecified atom stereocenters. The summed E-state index contributed by atoms with van der Waals surface area (Å²) in [6.45, 7) is 2.54. The fourth-order valence-electron chi connectivity index (χ4n) is 3.29. The lowest BCUT2D eigenvalue weighted by Crippen LogP contribution is -2.47. The van der Waals surface area contributed by atoms with Crippen molar-refractivity contribution in [2.75, 3.05) is 50.5 Å². The summed E-state index contributed by atoms with van der Waals surface area (Å²) in [5, 5.41) is 21.9. The van der Waals surface area contributed by atoms with E-state index >= 15 is 0 Å². The number of piperazine rings is 1. The number of nitrogens with zero attached hydrogens (tertiary/aromatic N) is 5. The Bertz CT molecular complexity index is 925. The first kappa shape index (κ1) is 20.5. The molecule has 1 fully saturated rings. The SMILES string of the molecule is CS(=O)(=O)c1c(C(F)(F)F)ccc(N2CCN(CCO)CC2)c1-c1nnn[nH]1. The molecule has 0 radical (unpaired) electrons. The maximum Gasteiger partial charge on any atom is 0.417 e. The number of hydrogen-bond acceptors (Lipinski definition) is 8. The topological polar surface area (TPSA) is 115 Å². The molecule has 3 rings (SSSR count). The lowest BCUT2D eigenvalue weighted by Gasteiger charge is -2.37. The molecule has 1 aromatic heterocycles. The van der Waals surface area contributed by atoms with Crippen molar-refractivity contribution >= 4 is 15.5 Å². The molecule has 2 N–H and O–H groups in total. The van der Waals surface area contributed by atoms with Gasteiger partial charge in [0.25, 0.3) is 0 Å². The first-order valence-corrected chi connectivity index (χ1v) is 10.3. The maximum atomic E-state index is 13.5. The molecule has 1 aliphatic heterocycles. The molecule has 0 amide bonds. The fraction of sp³-hybridized carbons (Fsp3) is 0.533. The number of hydrogen-bond donors (Lipinski definition) is 2. The van der Waals surface area contributed by atoms with Crippen LogP contribution in [0, 0.1) is 0 Å². The molecule has 1 saturated heterocycles. The normalized spacial score (nSPS) is 16.5. The summed E-state index contributed by atoms with van der Waals surface area (Å²) >= 11 is 0. The number of H-pyrrole nitrogens is 1. The molecular formula is C15H19F3N6O3S. The number of nitrogens with one attached hydrogen (secondary N) is 1. The minimum atomic E-state index is -4.86. The largest absolute Gasteiger partial charge is 0.417 e. The summed E-state index contributed by atoms with van der Waals surface area (Å²) < 4.78 is 65.3. The van der Waals surface area contributed by atoms with Gasteiger partial charge in [-0.3, -0.25) is 4.90 Å². The van der Waals surface area contributed by atoms with Crippen LogP contribution in [0.2, 0.25) is 0 Å². The number of benzene rings is 1. The van der Waals surface area contributed by atoms with Gasteiger partial charge >= 0.3 is 6.18 Å². The van der Waals surface area contributed by atoms with Gasteiger partial charge in [0, 0.05) is 44.7 Å². The maximum absolute atomic E-state index is 13.5. The highest BCUT2D eigenvalue weighted by Crippen LogP contribution is 2.43. The Morgan fingerprint density at radius 2 is 1.89 bits per heavy atom. The standard InChI is InChI=1S/C15H19F3N6O3S/c1-28(26,27)13-10(15(16,17)18)2-3-11(12(13)14-19-21-22-20-14)24-6-4-23(5-7-24)8-9-25/h2-3,25H,4-9H2,1H3,(H,19,20,21,22). The Morgan fingerprint density at radius 3 is 2.39 bits per heavy atom. The number of tetrazole rings is 1. The smallest absolute Gasteiger partial charge is 0.395 e. The molecule has 1 aromatic carbocycles. The molecular weight excluding hydrogens is 401 g/mol. The van der Waals surface area contributed by atoms with Crippen molar-refractivity contribution in [1.29, 1.82) is 0 Å². The van der Waals surface area contributed by atoms with Crippen LogP contribution in [0.4, 0.5) is 18.9 Å². The van der Waals surface area contributed by atoms with Crippen LogP contribution in [0.5, 0.6) is 0 Å². The van der Waals surface area contributed by atoms with E-state index in [9.17, 15) is 21.6 Å². The predicted octanol–water partition coefficient (Wildman–Crippen LogP) is 0.403. The van der Waals surface area contributed by atoms with Gasteiger partial charge in [-0.1, -0.05) is 0 Å². The fourth-order valence-corrected chi connectivity index (χ4v) is 4.45. The van der Waals surface area contributed by atoms with Crippen LogP contribution < -0.4 is 4.90 Å². The molecule has 0 aliphatic carbocycles. The van der Waals surface area contributed by atoms with E-state index in [2.05, 4.69) is 20.6 Å². The highest BCUT2D eigenvalue weighted by atomic mass is 32.2. The van der Waals surface area contributed by atoms with Gasteiger partial charge in [-0.25, -0.2) is 13.5 Å². The van der Waals surface area contributed by atoms with Crippen molar-refractivity contribution in [3.8, 4) is 11.4 Å². The third-order valence-electron chi connectivity index (χ3n) is 4.52. The van der Waals surface area contributed by atoms with Crippen molar-refractivity contribution in [3.05, 3.63) is 17.7 Å². The second-order valence-electron chi connectivity index (χ2n) is 6.41. The average molecular weight is 420 g/mol. The van der Waals surface area contributed by atoms with Gasteiger partial charge in [-0.2, -0.15) is 13.2 Å². The Labute approximate surface area is 159 Å². The Hall–Kier alpha value is -2.25. The van der Waals surface area contributed by atoms with Crippen LogP contribution in [0.1, 0.15) is 5.56 Å². The van der Waals surface area contributed by atoms with Gasteiger partial charge < -0.3 is 10.0 Å².